The third kappa shape index (κ3) is 3.91. The number of thiazole rings is 1. The molecule has 8 heteroatoms. The van der Waals surface area contributed by atoms with E-state index in [-0.39, 0.29) is 12.1 Å². The Morgan fingerprint density at radius 3 is 2.85 bits per heavy atom. The average Bonchev–Trinajstić information content (AvgIpc) is 2.90. The van der Waals surface area contributed by atoms with Crippen LogP contribution in [0.4, 0.5) is 13.2 Å². The lowest BCUT2D eigenvalue weighted by molar-refractivity contribution is -0.137. The Morgan fingerprint density at radius 2 is 2.30 bits per heavy atom. The highest BCUT2D eigenvalue weighted by Crippen LogP contribution is 2.35. The molecule has 20 heavy (non-hydrogen) atoms. The minimum atomic E-state index is -4.40. The van der Waals surface area contributed by atoms with Crippen molar-refractivity contribution in [3.63, 3.8) is 0 Å². The second kappa shape index (κ2) is 6.84. The highest BCUT2D eigenvalue weighted by Gasteiger charge is 2.36. The molecule has 0 saturated carbocycles. The molecule has 0 radical (unpaired) electrons. The Kier molecular flexibility index (Phi) is 5.36. The predicted molar refractivity (Wildman–Crippen MR) is 68.7 cm³/mol. The fourth-order valence-electron chi connectivity index (χ4n) is 1.97. The Bertz CT molecular complexity index is 419. The van der Waals surface area contributed by atoms with Gasteiger partial charge in [0.05, 0.1) is 25.9 Å². The highest BCUT2D eigenvalue weighted by atomic mass is 32.1. The van der Waals surface area contributed by atoms with E-state index in [1.807, 2.05) is 6.92 Å². The molecule has 0 bridgehead atoms. The number of hydrogen-bond acceptors (Lipinski definition) is 5. The second-order valence-corrected chi connectivity index (χ2v) is 5.54. The van der Waals surface area contributed by atoms with E-state index in [9.17, 15) is 13.2 Å². The van der Waals surface area contributed by atoms with E-state index in [1.165, 1.54) is 6.20 Å². The van der Waals surface area contributed by atoms with Gasteiger partial charge in [0.2, 0.25) is 0 Å². The lowest BCUT2D eigenvalue weighted by atomic mass is 10.1. The zero-order valence-electron chi connectivity index (χ0n) is 11.1. The Morgan fingerprint density at radius 1 is 1.50 bits per heavy atom. The SMILES string of the molecule is CCCNC(c1cnc(C(F)(F)F)s1)C1COCCO1. The zero-order chi connectivity index (χ0) is 14.6. The van der Waals surface area contributed by atoms with Crippen molar-refractivity contribution in [3.8, 4) is 0 Å². The molecule has 1 N–H and O–H groups in total. The quantitative estimate of drug-likeness (QED) is 0.908. The first-order valence-corrected chi connectivity index (χ1v) is 7.29. The summed E-state index contributed by atoms with van der Waals surface area (Å²) >= 11 is 0.658. The van der Waals surface area contributed by atoms with Crippen molar-refractivity contribution in [2.75, 3.05) is 26.4 Å². The summed E-state index contributed by atoms with van der Waals surface area (Å²) in [5.74, 6) is 0. The minimum Gasteiger partial charge on any atom is -0.376 e. The van der Waals surface area contributed by atoms with Crippen molar-refractivity contribution in [2.45, 2.75) is 31.7 Å². The molecule has 1 aliphatic heterocycles. The number of ether oxygens (including phenoxy) is 2. The van der Waals surface area contributed by atoms with Crippen LogP contribution < -0.4 is 5.32 Å². The third-order valence-electron chi connectivity index (χ3n) is 2.90. The van der Waals surface area contributed by atoms with Gasteiger partial charge in [-0.25, -0.2) is 4.98 Å². The molecular weight excluding hydrogens is 293 g/mol. The van der Waals surface area contributed by atoms with Gasteiger partial charge in [0.15, 0.2) is 5.01 Å². The van der Waals surface area contributed by atoms with Crippen LogP contribution in [0.2, 0.25) is 0 Å². The number of nitrogens with one attached hydrogen (secondary N) is 1. The predicted octanol–water partition coefficient (Wildman–Crippen LogP) is 2.62. The number of alkyl halides is 3. The lowest BCUT2D eigenvalue weighted by Gasteiger charge is -2.30. The maximum absolute atomic E-state index is 12.6. The summed E-state index contributed by atoms with van der Waals surface area (Å²) < 4.78 is 48.8. The molecule has 4 nitrogen and oxygen atoms in total. The molecule has 2 atom stereocenters. The van der Waals surface area contributed by atoms with Gasteiger partial charge in [0, 0.05) is 11.1 Å². The topological polar surface area (TPSA) is 43.4 Å². The minimum absolute atomic E-state index is 0.281. The summed E-state index contributed by atoms with van der Waals surface area (Å²) in [5, 5.41) is 2.39. The van der Waals surface area contributed by atoms with Crippen LogP contribution in [0.1, 0.15) is 29.3 Å². The van der Waals surface area contributed by atoms with Crippen LogP contribution in [0, 0.1) is 0 Å². The Balaban J connectivity index is 2.14. The fourth-order valence-corrected chi connectivity index (χ4v) is 2.89. The van der Waals surface area contributed by atoms with Gasteiger partial charge >= 0.3 is 6.18 Å². The fraction of sp³-hybridized carbons (Fsp3) is 0.750. The third-order valence-corrected chi connectivity index (χ3v) is 4.03. The monoisotopic (exact) mass is 310 g/mol. The average molecular weight is 310 g/mol. The lowest BCUT2D eigenvalue weighted by Crippen LogP contribution is -2.40. The first kappa shape index (κ1) is 15.7. The zero-order valence-corrected chi connectivity index (χ0v) is 11.9. The molecule has 1 aromatic heterocycles. The Hall–Kier alpha value is -0.700. The van der Waals surface area contributed by atoms with Crippen molar-refractivity contribution in [3.05, 3.63) is 16.1 Å². The van der Waals surface area contributed by atoms with E-state index in [0.717, 1.165) is 6.42 Å². The van der Waals surface area contributed by atoms with Crippen LogP contribution >= 0.6 is 11.3 Å². The van der Waals surface area contributed by atoms with Gasteiger partial charge in [-0.2, -0.15) is 13.2 Å². The summed E-state index contributed by atoms with van der Waals surface area (Å²) in [6, 6.07) is -0.316. The smallest absolute Gasteiger partial charge is 0.376 e. The largest absolute Gasteiger partial charge is 0.443 e. The summed E-state index contributed by atoms with van der Waals surface area (Å²) in [5.41, 5.74) is 0. The van der Waals surface area contributed by atoms with Crippen molar-refractivity contribution >= 4 is 11.3 Å². The van der Waals surface area contributed by atoms with Crippen LogP contribution in [0.15, 0.2) is 6.20 Å². The van der Waals surface area contributed by atoms with Crippen molar-refractivity contribution in [2.24, 2.45) is 0 Å². The molecule has 2 heterocycles. The van der Waals surface area contributed by atoms with Gasteiger partial charge in [-0.1, -0.05) is 6.92 Å². The van der Waals surface area contributed by atoms with Crippen molar-refractivity contribution < 1.29 is 22.6 Å². The summed E-state index contributed by atoms with van der Waals surface area (Å²) in [6.07, 6.45) is -2.52. The van der Waals surface area contributed by atoms with E-state index in [4.69, 9.17) is 9.47 Å². The van der Waals surface area contributed by atoms with E-state index in [2.05, 4.69) is 10.3 Å². The molecule has 114 valence electrons. The molecule has 0 aromatic carbocycles. The van der Waals surface area contributed by atoms with Crippen LogP contribution in [-0.4, -0.2) is 37.5 Å². The van der Waals surface area contributed by atoms with E-state index in [0.29, 0.717) is 42.6 Å². The first-order chi connectivity index (χ1) is 9.52. The molecule has 1 aliphatic rings. The molecule has 1 aromatic rings. The van der Waals surface area contributed by atoms with Gasteiger partial charge in [-0.05, 0) is 13.0 Å². The first-order valence-electron chi connectivity index (χ1n) is 6.48. The maximum Gasteiger partial charge on any atom is 0.443 e. The Labute approximate surface area is 119 Å². The maximum atomic E-state index is 12.6. The van der Waals surface area contributed by atoms with E-state index >= 15 is 0 Å². The molecule has 0 spiro atoms. The standard InChI is InChI=1S/C12H17F3N2O2S/c1-2-3-16-10(8-7-18-4-5-19-8)9-6-17-11(20-9)12(13,14)15/h6,8,10,16H,2-5,7H2,1H3. The molecule has 0 amide bonds. The van der Waals surface area contributed by atoms with Crippen molar-refractivity contribution in [1.82, 2.24) is 10.3 Å². The van der Waals surface area contributed by atoms with Crippen LogP contribution in [-0.2, 0) is 15.7 Å². The molecule has 0 aliphatic carbocycles. The van der Waals surface area contributed by atoms with Crippen LogP contribution in [0.3, 0.4) is 0 Å². The highest BCUT2D eigenvalue weighted by molar-refractivity contribution is 7.11. The van der Waals surface area contributed by atoms with Crippen LogP contribution in [0.5, 0.6) is 0 Å². The van der Waals surface area contributed by atoms with Crippen LogP contribution in [0.25, 0.3) is 0 Å². The molecular formula is C12H17F3N2O2S. The molecule has 2 unspecified atom stereocenters. The molecule has 1 fully saturated rings. The van der Waals surface area contributed by atoms with Gasteiger partial charge in [-0.15, -0.1) is 11.3 Å². The number of halogens is 3. The second-order valence-electron chi connectivity index (χ2n) is 4.48. The number of aromatic nitrogens is 1. The number of rotatable bonds is 5. The summed E-state index contributed by atoms with van der Waals surface area (Å²) in [4.78, 5) is 4.00. The van der Waals surface area contributed by atoms with Crippen molar-refractivity contribution in [1.29, 1.82) is 0 Å². The summed E-state index contributed by atoms with van der Waals surface area (Å²) in [6.45, 7) is 4.05. The van der Waals surface area contributed by atoms with E-state index < -0.39 is 11.2 Å². The summed E-state index contributed by atoms with van der Waals surface area (Å²) in [7, 11) is 0. The van der Waals surface area contributed by atoms with Gasteiger partial charge in [-0.3, -0.25) is 0 Å². The van der Waals surface area contributed by atoms with Gasteiger partial charge in [0.1, 0.15) is 6.10 Å². The molecule has 1 saturated heterocycles. The molecule has 2 rings (SSSR count). The van der Waals surface area contributed by atoms with E-state index in [1.54, 1.807) is 0 Å². The number of hydrogen-bond donors (Lipinski definition) is 1. The van der Waals surface area contributed by atoms with Gasteiger partial charge in [0.25, 0.3) is 0 Å². The van der Waals surface area contributed by atoms with Gasteiger partial charge < -0.3 is 14.8 Å². The normalized spacial score (nSPS) is 21.9. The number of nitrogens with zero attached hydrogens (tertiary/aromatic N) is 1.